The molecule has 0 saturated carbocycles. The van der Waals surface area contributed by atoms with Crippen LogP contribution in [0.3, 0.4) is 0 Å². The van der Waals surface area contributed by atoms with Crippen LogP contribution in [-0.4, -0.2) is 0 Å². The molecule has 6 rings (SSSR count). The third-order valence-corrected chi connectivity index (χ3v) is 10.4. The molecule has 0 N–H and O–H groups in total. The minimum absolute atomic E-state index is 0.506. The van der Waals surface area contributed by atoms with E-state index < -0.39 is 0 Å². The Bertz CT molecular complexity index is 2410. The second-order valence-corrected chi connectivity index (χ2v) is 17.1. The van der Waals surface area contributed by atoms with Crippen LogP contribution in [0.4, 0.5) is 0 Å². The molecule has 0 amide bonds. The lowest BCUT2D eigenvalue weighted by atomic mass is 10.0. The maximum Gasteiger partial charge on any atom is 0.0273 e. The summed E-state index contributed by atoms with van der Waals surface area (Å²) in [6, 6.07) is 45.6. The molecular formula is C60H53I. The fraction of sp³-hybridized carbons (Fsp3) is 0.200. The highest BCUT2D eigenvalue weighted by molar-refractivity contribution is 14.1. The second kappa shape index (κ2) is 23.9. The van der Waals surface area contributed by atoms with Crippen LogP contribution in [0.2, 0.25) is 0 Å². The monoisotopic (exact) mass is 900 g/mol. The van der Waals surface area contributed by atoms with E-state index in [2.05, 4.69) is 228 Å². The molecular weight excluding hydrogens is 848 g/mol. The maximum absolute atomic E-state index is 5.21. The zero-order valence-corrected chi connectivity index (χ0v) is 38.8. The van der Waals surface area contributed by atoms with E-state index in [1.165, 1.54) is 25.8 Å². The Hall–Kier alpha value is -6.59. The van der Waals surface area contributed by atoms with E-state index in [1.807, 2.05) is 18.2 Å². The Kier molecular flexibility index (Phi) is 18.4. The molecule has 0 nitrogen and oxygen atoms in total. The van der Waals surface area contributed by atoms with Crippen molar-refractivity contribution in [3.05, 3.63) is 209 Å². The van der Waals surface area contributed by atoms with Crippen LogP contribution in [0.25, 0.3) is 0 Å². The van der Waals surface area contributed by atoms with Gasteiger partial charge in [-0.05, 0) is 153 Å². The SMILES string of the molecule is C#Cc1cc(C#C)cc(C#C)c1.CC(C)c1ccc(C#Cc2cc(C#Cc3ccc(C(C)C)cc3)cc(C#Cc3ccc(C(C)C)cc3)c2)cc1.CC(C)c1ccc(I)cc1. The summed E-state index contributed by atoms with van der Waals surface area (Å²) in [5.41, 5.74) is 13.3. The van der Waals surface area contributed by atoms with Crippen molar-refractivity contribution in [3.63, 3.8) is 0 Å². The van der Waals surface area contributed by atoms with Crippen molar-refractivity contribution in [1.82, 2.24) is 0 Å². The number of hydrogen-bond donors (Lipinski definition) is 0. The Balaban J connectivity index is 0.000000301. The molecule has 0 fully saturated rings. The Morgan fingerprint density at radius 2 is 0.492 bits per heavy atom. The molecule has 6 aromatic carbocycles. The van der Waals surface area contributed by atoms with Gasteiger partial charge in [-0.3, -0.25) is 0 Å². The van der Waals surface area contributed by atoms with Crippen LogP contribution in [0, 0.1) is 76.1 Å². The fourth-order valence-corrected chi connectivity index (χ4v) is 6.22. The number of hydrogen-bond acceptors (Lipinski definition) is 0. The molecule has 61 heavy (non-hydrogen) atoms. The van der Waals surface area contributed by atoms with Gasteiger partial charge in [0.15, 0.2) is 0 Å². The molecule has 0 unspecified atom stereocenters. The number of terminal acetylenes is 3. The van der Waals surface area contributed by atoms with Gasteiger partial charge in [0, 0.05) is 53.6 Å². The molecule has 0 bridgehead atoms. The van der Waals surface area contributed by atoms with Gasteiger partial charge in [0.2, 0.25) is 0 Å². The zero-order valence-electron chi connectivity index (χ0n) is 36.6. The van der Waals surface area contributed by atoms with Crippen LogP contribution < -0.4 is 0 Å². The number of rotatable bonds is 4. The first-order valence-electron chi connectivity index (χ1n) is 20.6. The van der Waals surface area contributed by atoms with Crippen molar-refractivity contribution in [2.45, 2.75) is 79.1 Å². The molecule has 0 aromatic heterocycles. The highest BCUT2D eigenvalue weighted by Gasteiger charge is 2.02. The Morgan fingerprint density at radius 3 is 0.705 bits per heavy atom. The van der Waals surface area contributed by atoms with Crippen molar-refractivity contribution >= 4 is 22.6 Å². The molecule has 0 saturated heterocycles. The normalized spacial score (nSPS) is 9.87. The third-order valence-electron chi connectivity index (χ3n) is 9.69. The Morgan fingerprint density at radius 1 is 0.295 bits per heavy atom. The standard InChI is InChI=1S/C39H36.C12H6.C9H11I/c1-28(2)37-19-13-31(14-20-37)7-10-34-25-35(11-8-32-15-21-38(22-16-32)29(3)4)27-36(26-34)12-9-33-17-23-39(24-18-33)30(5)6;1-4-10-7-11(5-2)9-12(6-3)8-10;1-7(2)8-3-5-9(10)6-4-8/h13-30H,1-6H3;1-3,7-9H;3-7H,1-2H3. The molecule has 0 spiro atoms. The highest BCUT2D eigenvalue weighted by atomic mass is 127. The summed E-state index contributed by atoms with van der Waals surface area (Å²) in [7, 11) is 0. The molecule has 0 atom stereocenters. The summed E-state index contributed by atoms with van der Waals surface area (Å²) in [5, 5.41) is 0. The lowest BCUT2D eigenvalue weighted by Crippen LogP contribution is -1.88. The van der Waals surface area contributed by atoms with Gasteiger partial charge in [0.25, 0.3) is 0 Å². The fourth-order valence-electron chi connectivity index (χ4n) is 5.86. The summed E-state index contributed by atoms with van der Waals surface area (Å²) in [4.78, 5) is 0. The van der Waals surface area contributed by atoms with Gasteiger partial charge >= 0.3 is 0 Å². The quantitative estimate of drug-likeness (QED) is 0.122. The molecule has 0 radical (unpaired) electrons. The lowest BCUT2D eigenvalue weighted by molar-refractivity contribution is 0.866. The van der Waals surface area contributed by atoms with Gasteiger partial charge in [-0.1, -0.05) is 157 Å². The van der Waals surface area contributed by atoms with Crippen LogP contribution >= 0.6 is 22.6 Å². The zero-order chi connectivity index (χ0) is 44.3. The average molecular weight is 901 g/mol. The molecule has 300 valence electrons. The first-order valence-corrected chi connectivity index (χ1v) is 21.7. The molecule has 0 aliphatic heterocycles. The highest BCUT2D eigenvalue weighted by Crippen LogP contribution is 2.18. The third kappa shape index (κ3) is 15.8. The van der Waals surface area contributed by atoms with Gasteiger partial charge in [0.05, 0.1) is 0 Å². The van der Waals surface area contributed by atoms with E-state index in [4.69, 9.17) is 19.3 Å². The average Bonchev–Trinajstić information content (AvgIpc) is 3.27. The van der Waals surface area contributed by atoms with Crippen LogP contribution in [0.1, 0.15) is 151 Å². The van der Waals surface area contributed by atoms with Crippen LogP contribution in [0.15, 0.2) is 133 Å². The van der Waals surface area contributed by atoms with Gasteiger partial charge in [0.1, 0.15) is 0 Å². The van der Waals surface area contributed by atoms with Crippen molar-refractivity contribution in [3.8, 4) is 72.6 Å². The smallest absolute Gasteiger partial charge is 0.0273 e. The van der Waals surface area contributed by atoms with E-state index in [9.17, 15) is 0 Å². The first-order chi connectivity index (χ1) is 29.3. The predicted molar refractivity (Wildman–Crippen MR) is 269 cm³/mol. The minimum Gasteiger partial charge on any atom is -0.115 e. The maximum atomic E-state index is 5.21. The van der Waals surface area contributed by atoms with E-state index in [-0.39, 0.29) is 0 Å². The van der Waals surface area contributed by atoms with Crippen molar-refractivity contribution in [2.75, 3.05) is 0 Å². The van der Waals surface area contributed by atoms with Crippen molar-refractivity contribution in [2.24, 2.45) is 0 Å². The van der Waals surface area contributed by atoms with Crippen LogP contribution in [-0.2, 0) is 0 Å². The topological polar surface area (TPSA) is 0 Å². The van der Waals surface area contributed by atoms with E-state index >= 15 is 0 Å². The van der Waals surface area contributed by atoms with Gasteiger partial charge in [-0.15, -0.1) is 19.3 Å². The van der Waals surface area contributed by atoms with Gasteiger partial charge < -0.3 is 0 Å². The summed E-state index contributed by atoms with van der Waals surface area (Å²) in [6.07, 6.45) is 15.6. The minimum atomic E-state index is 0.506. The predicted octanol–water partition coefficient (Wildman–Crippen LogP) is 14.3. The second-order valence-electron chi connectivity index (χ2n) is 15.8. The van der Waals surface area contributed by atoms with Gasteiger partial charge in [-0.25, -0.2) is 0 Å². The molecule has 6 aromatic rings. The van der Waals surface area contributed by atoms with E-state index in [1.54, 1.807) is 18.2 Å². The number of halogens is 1. The van der Waals surface area contributed by atoms with E-state index in [0.29, 0.717) is 23.7 Å². The molecule has 1 heteroatoms. The van der Waals surface area contributed by atoms with Crippen LogP contribution in [0.5, 0.6) is 0 Å². The summed E-state index contributed by atoms with van der Waals surface area (Å²) < 4.78 is 1.31. The van der Waals surface area contributed by atoms with E-state index in [0.717, 1.165) is 50.1 Å². The summed E-state index contributed by atoms with van der Waals surface area (Å²) in [5.74, 6) is 29.6. The lowest BCUT2D eigenvalue weighted by Gasteiger charge is -2.04. The van der Waals surface area contributed by atoms with Gasteiger partial charge in [-0.2, -0.15) is 0 Å². The Labute approximate surface area is 381 Å². The molecule has 0 aliphatic carbocycles. The van der Waals surface area contributed by atoms with Crippen molar-refractivity contribution < 1.29 is 0 Å². The first kappa shape index (κ1) is 47.1. The molecule has 0 heterocycles. The molecule has 0 aliphatic rings. The summed E-state index contributed by atoms with van der Waals surface area (Å²) >= 11 is 2.32. The van der Waals surface area contributed by atoms with Crippen molar-refractivity contribution in [1.29, 1.82) is 0 Å². The number of benzene rings is 6. The summed E-state index contributed by atoms with van der Waals surface area (Å²) in [6.45, 7) is 17.6. The largest absolute Gasteiger partial charge is 0.115 e.